The molecule has 1 aliphatic heterocycles. The minimum absolute atomic E-state index is 0.0424. The van der Waals surface area contributed by atoms with Gasteiger partial charge in [-0.1, -0.05) is 54.2 Å². The zero-order valence-corrected chi connectivity index (χ0v) is 24.6. The third-order valence-electron chi connectivity index (χ3n) is 7.06. The number of hydrogen-bond acceptors (Lipinski definition) is 7. The fraction of sp³-hybridized carbons (Fsp3) is 0.219. The number of anilines is 1. The van der Waals surface area contributed by atoms with Gasteiger partial charge in [-0.15, -0.1) is 11.3 Å². The number of thioether (sulfide) groups is 1. The second-order valence-corrected chi connectivity index (χ2v) is 11.9. The van der Waals surface area contributed by atoms with Crippen LogP contribution in [0.1, 0.15) is 22.9 Å². The van der Waals surface area contributed by atoms with Gasteiger partial charge in [0, 0.05) is 24.5 Å². The van der Waals surface area contributed by atoms with Crippen molar-refractivity contribution < 1.29 is 13.9 Å². The highest BCUT2D eigenvalue weighted by Crippen LogP contribution is 2.35. The summed E-state index contributed by atoms with van der Waals surface area (Å²) >= 11 is 2.69. The zero-order valence-electron chi connectivity index (χ0n) is 23.0. The van der Waals surface area contributed by atoms with E-state index >= 15 is 0 Å². The van der Waals surface area contributed by atoms with Gasteiger partial charge >= 0.3 is 0 Å². The molecule has 214 valence electrons. The summed E-state index contributed by atoms with van der Waals surface area (Å²) < 4.78 is 21.2. The number of amides is 1. The highest BCUT2D eigenvalue weighted by Gasteiger charge is 2.26. The monoisotopic (exact) mass is 600 g/mol. The predicted molar refractivity (Wildman–Crippen MR) is 166 cm³/mol. The molecule has 0 aliphatic carbocycles. The molecular formula is C32H29FN4O3S2. The van der Waals surface area contributed by atoms with E-state index in [2.05, 4.69) is 22.3 Å². The Hall–Kier alpha value is -3.99. The van der Waals surface area contributed by atoms with Crippen LogP contribution < -0.4 is 15.6 Å². The second-order valence-electron chi connectivity index (χ2n) is 9.91. The van der Waals surface area contributed by atoms with E-state index < -0.39 is 5.82 Å². The minimum atomic E-state index is -0.507. The Kier molecular flexibility index (Phi) is 8.36. The number of thiophene rings is 1. The maximum atomic E-state index is 14.2. The van der Waals surface area contributed by atoms with E-state index in [0.29, 0.717) is 33.4 Å². The molecule has 3 aromatic carbocycles. The summed E-state index contributed by atoms with van der Waals surface area (Å²) in [5.41, 5.74) is 2.91. The molecule has 1 N–H and O–H groups in total. The molecule has 6 rings (SSSR count). The maximum absolute atomic E-state index is 14.2. The highest BCUT2D eigenvalue weighted by atomic mass is 32.2. The number of fused-ring (bicyclic) bond motifs is 3. The Balaban J connectivity index is 1.34. The number of benzene rings is 3. The van der Waals surface area contributed by atoms with Crippen molar-refractivity contribution in [2.45, 2.75) is 31.6 Å². The Morgan fingerprint density at radius 3 is 2.60 bits per heavy atom. The molecule has 1 aliphatic rings. The van der Waals surface area contributed by atoms with E-state index in [1.807, 2.05) is 49.4 Å². The number of hydrogen-bond donors (Lipinski definition) is 1. The van der Waals surface area contributed by atoms with Crippen molar-refractivity contribution in [3.63, 3.8) is 0 Å². The first-order valence-electron chi connectivity index (χ1n) is 13.7. The smallest absolute Gasteiger partial charge is 0.267 e. The van der Waals surface area contributed by atoms with E-state index in [-0.39, 0.29) is 22.9 Å². The molecule has 0 atom stereocenters. The summed E-state index contributed by atoms with van der Waals surface area (Å²) in [5, 5.41) is 3.65. The van der Waals surface area contributed by atoms with Crippen molar-refractivity contribution in [1.82, 2.24) is 14.5 Å². The Bertz CT molecular complexity index is 1790. The van der Waals surface area contributed by atoms with Crippen LogP contribution in [0.4, 0.5) is 10.1 Å². The van der Waals surface area contributed by atoms with Crippen molar-refractivity contribution in [3.8, 4) is 11.4 Å². The number of halogens is 1. The summed E-state index contributed by atoms with van der Waals surface area (Å²) in [5.74, 6) is -0.237. The van der Waals surface area contributed by atoms with Crippen molar-refractivity contribution in [2.24, 2.45) is 0 Å². The van der Waals surface area contributed by atoms with Crippen LogP contribution >= 0.6 is 23.1 Å². The average Bonchev–Trinajstić information content (AvgIpc) is 3.36. The summed E-state index contributed by atoms with van der Waals surface area (Å²) in [6.45, 7) is 4.90. The number of para-hydroxylation sites is 1. The molecular weight excluding hydrogens is 572 g/mol. The molecule has 7 nitrogen and oxygen atoms in total. The molecule has 10 heteroatoms. The van der Waals surface area contributed by atoms with Gasteiger partial charge in [0.1, 0.15) is 16.4 Å². The molecule has 0 saturated heterocycles. The number of nitrogens with one attached hydrogen (secondary N) is 1. The lowest BCUT2D eigenvalue weighted by molar-refractivity contribution is -0.113. The summed E-state index contributed by atoms with van der Waals surface area (Å²) in [4.78, 5) is 36.1. The van der Waals surface area contributed by atoms with Crippen LogP contribution in [0.5, 0.6) is 5.75 Å². The average molecular weight is 601 g/mol. The molecule has 0 unspecified atom stereocenters. The first-order chi connectivity index (χ1) is 20.5. The molecule has 3 heterocycles. The third-order valence-corrected chi connectivity index (χ3v) is 9.11. The van der Waals surface area contributed by atoms with Gasteiger partial charge in [0.15, 0.2) is 5.16 Å². The number of ether oxygens (including phenoxy) is 1. The second kappa shape index (κ2) is 12.5. The molecule has 2 aromatic heterocycles. The molecule has 0 radical (unpaired) electrons. The van der Waals surface area contributed by atoms with Crippen LogP contribution in [0.3, 0.4) is 0 Å². The van der Waals surface area contributed by atoms with E-state index in [9.17, 15) is 14.0 Å². The number of carbonyl (C=O) groups excluding carboxylic acids is 1. The van der Waals surface area contributed by atoms with Crippen LogP contribution in [0, 0.1) is 5.82 Å². The van der Waals surface area contributed by atoms with Crippen LogP contribution in [-0.4, -0.2) is 39.3 Å². The number of nitrogens with zero attached hydrogens (tertiary/aromatic N) is 3. The number of carbonyl (C=O) groups is 1. The van der Waals surface area contributed by atoms with Gasteiger partial charge in [-0.05, 0) is 60.9 Å². The Morgan fingerprint density at radius 2 is 1.83 bits per heavy atom. The zero-order chi connectivity index (χ0) is 29.1. The number of aromatic nitrogens is 2. The van der Waals surface area contributed by atoms with E-state index in [1.165, 1.54) is 17.7 Å². The van der Waals surface area contributed by atoms with Gasteiger partial charge in [-0.3, -0.25) is 19.1 Å². The predicted octanol–water partition coefficient (Wildman–Crippen LogP) is 6.27. The van der Waals surface area contributed by atoms with Crippen LogP contribution in [-0.2, 0) is 24.3 Å². The van der Waals surface area contributed by atoms with Gasteiger partial charge in [0.25, 0.3) is 5.56 Å². The fourth-order valence-corrected chi connectivity index (χ4v) is 7.23. The van der Waals surface area contributed by atoms with E-state index in [0.717, 1.165) is 48.3 Å². The Morgan fingerprint density at radius 1 is 1.07 bits per heavy atom. The SMILES string of the molecule is CCOc1ccc(-n2c(SCC(=O)Nc3ccccc3F)nc3sc4c(c3c2=O)CCN(Cc2ccccc2)C4)cc1. The quantitative estimate of drug-likeness (QED) is 0.159. The van der Waals surface area contributed by atoms with Gasteiger partial charge < -0.3 is 10.1 Å². The van der Waals surface area contributed by atoms with Gasteiger partial charge in [-0.2, -0.15) is 0 Å². The Labute approximate surface area is 251 Å². The van der Waals surface area contributed by atoms with E-state index in [4.69, 9.17) is 9.72 Å². The largest absolute Gasteiger partial charge is 0.494 e. The lowest BCUT2D eigenvalue weighted by Crippen LogP contribution is -2.30. The molecule has 0 bridgehead atoms. The molecule has 1 amide bonds. The van der Waals surface area contributed by atoms with Gasteiger partial charge in [0.2, 0.25) is 5.91 Å². The van der Waals surface area contributed by atoms with Crippen LogP contribution in [0.2, 0.25) is 0 Å². The fourth-order valence-electron chi connectivity index (χ4n) is 5.11. The maximum Gasteiger partial charge on any atom is 0.267 e. The number of rotatable bonds is 9. The molecule has 0 saturated carbocycles. The van der Waals surface area contributed by atoms with Crippen LogP contribution in [0.15, 0.2) is 88.8 Å². The van der Waals surface area contributed by atoms with E-state index in [1.54, 1.807) is 28.0 Å². The molecule has 0 fully saturated rings. The normalized spacial score (nSPS) is 13.2. The van der Waals surface area contributed by atoms with Gasteiger partial charge in [-0.25, -0.2) is 9.37 Å². The minimum Gasteiger partial charge on any atom is -0.494 e. The summed E-state index contributed by atoms with van der Waals surface area (Å²) in [6.07, 6.45) is 0.764. The summed E-state index contributed by atoms with van der Waals surface area (Å²) in [6, 6.07) is 23.7. The standard InChI is InChI=1S/C32H29FN4O3S2/c1-2-40-23-14-12-22(13-15-23)37-31(39)29-24-16-17-36(18-21-8-4-3-5-9-21)19-27(24)42-30(29)35-32(37)41-20-28(38)34-26-11-7-6-10-25(26)33/h3-15H,2,16-20H2,1H3,(H,34,38). The third kappa shape index (κ3) is 5.97. The van der Waals surface area contributed by atoms with Crippen LogP contribution in [0.25, 0.3) is 15.9 Å². The van der Waals surface area contributed by atoms with Crippen molar-refractivity contribution in [1.29, 1.82) is 0 Å². The van der Waals surface area contributed by atoms with Crippen molar-refractivity contribution >= 4 is 44.9 Å². The topological polar surface area (TPSA) is 76.5 Å². The lowest BCUT2D eigenvalue weighted by atomic mass is 10.0. The first kappa shape index (κ1) is 28.1. The van der Waals surface area contributed by atoms with Gasteiger partial charge in [0.05, 0.1) is 29.1 Å². The molecule has 5 aromatic rings. The van der Waals surface area contributed by atoms with Crippen molar-refractivity contribution in [2.75, 3.05) is 24.2 Å². The molecule has 0 spiro atoms. The lowest BCUT2D eigenvalue weighted by Gasteiger charge is -2.26. The first-order valence-corrected chi connectivity index (χ1v) is 15.5. The van der Waals surface area contributed by atoms with Crippen molar-refractivity contribution in [3.05, 3.63) is 111 Å². The summed E-state index contributed by atoms with van der Waals surface area (Å²) in [7, 11) is 0. The highest BCUT2D eigenvalue weighted by molar-refractivity contribution is 7.99. The molecule has 42 heavy (non-hydrogen) atoms.